The quantitative estimate of drug-likeness (QED) is 0.591. The Morgan fingerprint density at radius 1 is 1.56 bits per heavy atom. The number of carbonyl (C=O) groups excluding carboxylic acids is 1. The number of rotatable bonds is 5. The Kier molecular flexibility index (Phi) is 4.25. The molecule has 0 aliphatic carbocycles. The van der Waals surface area contributed by atoms with Crippen LogP contribution in [0.3, 0.4) is 0 Å². The molecule has 86 valence electrons. The zero-order chi connectivity index (χ0) is 12.1. The molecule has 0 radical (unpaired) electrons. The van der Waals surface area contributed by atoms with Gasteiger partial charge in [0.15, 0.2) is 0 Å². The molecule has 4 nitrogen and oxygen atoms in total. The molecule has 0 saturated heterocycles. The number of aromatic nitrogens is 2. The molecule has 0 aliphatic rings. The number of nitrogens with zero attached hydrogens (tertiary/aromatic N) is 2. The fourth-order valence-corrected chi connectivity index (χ4v) is 1.24. The Balaban J connectivity index is 3.13. The summed E-state index contributed by atoms with van der Waals surface area (Å²) >= 11 is 5.03. The molecule has 0 bridgehead atoms. The lowest BCUT2D eigenvalue weighted by molar-refractivity contribution is 0.222. The van der Waals surface area contributed by atoms with Crippen molar-refractivity contribution in [2.24, 2.45) is 0 Å². The highest BCUT2D eigenvalue weighted by Crippen LogP contribution is 2.24. The first kappa shape index (κ1) is 12.4. The Bertz CT molecular complexity index is 429. The third kappa shape index (κ3) is 2.70. The molecule has 1 aromatic rings. The maximum absolute atomic E-state index is 13.6. The van der Waals surface area contributed by atoms with Crippen LogP contribution in [0.5, 0.6) is 5.75 Å². The summed E-state index contributed by atoms with van der Waals surface area (Å²) in [5.74, 6) is -1.02. The predicted octanol–water partition coefficient (Wildman–Crippen LogP) is 2.67. The first-order valence-electron chi connectivity index (χ1n) is 4.44. The molecule has 0 amide bonds. The van der Waals surface area contributed by atoms with Crippen LogP contribution < -0.4 is 4.74 Å². The van der Waals surface area contributed by atoms with Gasteiger partial charge in [0, 0.05) is 18.0 Å². The molecule has 1 aromatic heterocycles. The molecule has 0 saturated carbocycles. The average Bonchev–Trinajstić information content (AvgIpc) is 2.47. The smallest absolute Gasteiger partial charge is 0.408 e. The van der Waals surface area contributed by atoms with Crippen molar-refractivity contribution in [2.45, 2.75) is 13.0 Å². The zero-order valence-corrected chi connectivity index (χ0v) is 9.21. The van der Waals surface area contributed by atoms with Gasteiger partial charge in [0.2, 0.25) is 5.75 Å². The minimum absolute atomic E-state index is 0.176. The summed E-state index contributed by atoms with van der Waals surface area (Å²) in [6, 6.07) is 0. The van der Waals surface area contributed by atoms with Gasteiger partial charge in [0.25, 0.3) is 5.95 Å². The molecule has 0 fully saturated rings. The van der Waals surface area contributed by atoms with Crippen LogP contribution in [0.15, 0.2) is 25.3 Å². The van der Waals surface area contributed by atoms with Crippen molar-refractivity contribution >= 4 is 17.0 Å². The van der Waals surface area contributed by atoms with E-state index < -0.39 is 11.4 Å². The summed E-state index contributed by atoms with van der Waals surface area (Å²) in [6.07, 6.45) is 3.27. The summed E-state index contributed by atoms with van der Waals surface area (Å²) in [6.45, 7) is 7.13. The highest BCUT2D eigenvalue weighted by Gasteiger charge is 2.20. The molecule has 0 aliphatic heterocycles. The third-order valence-corrected chi connectivity index (χ3v) is 1.82. The van der Waals surface area contributed by atoms with Crippen molar-refractivity contribution in [2.75, 3.05) is 0 Å². The molecule has 1 rings (SSSR count). The van der Waals surface area contributed by atoms with Crippen molar-refractivity contribution in [3.63, 3.8) is 0 Å². The van der Waals surface area contributed by atoms with Crippen LogP contribution in [0.2, 0.25) is 0 Å². The van der Waals surface area contributed by atoms with Gasteiger partial charge in [0.05, 0.1) is 6.54 Å². The maximum Gasteiger partial charge on any atom is 0.409 e. The van der Waals surface area contributed by atoms with E-state index in [2.05, 4.69) is 23.0 Å². The van der Waals surface area contributed by atoms with Gasteiger partial charge in [-0.2, -0.15) is 9.49 Å². The van der Waals surface area contributed by atoms with E-state index >= 15 is 0 Å². The lowest BCUT2D eigenvalue weighted by Crippen LogP contribution is -2.02. The molecule has 16 heavy (non-hydrogen) atoms. The lowest BCUT2D eigenvalue weighted by atomic mass is 10.3. The monoisotopic (exact) mass is 244 g/mol. The van der Waals surface area contributed by atoms with E-state index in [-0.39, 0.29) is 24.4 Å². The van der Waals surface area contributed by atoms with E-state index in [1.165, 1.54) is 12.2 Å². The molecule has 1 heterocycles. The third-order valence-electron chi connectivity index (χ3n) is 1.74. The van der Waals surface area contributed by atoms with Gasteiger partial charge >= 0.3 is 5.43 Å². The van der Waals surface area contributed by atoms with Crippen LogP contribution in [0, 0.1) is 5.95 Å². The van der Waals surface area contributed by atoms with E-state index in [4.69, 9.17) is 11.6 Å². The van der Waals surface area contributed by atoms with Gasteiger partial charge in [-0.3, -0.25) is 0 Å². The molecule has 0 atom stereocenters. The maximum atomic E-state index is 13.6. The van der Waals surface area contributed by atoms with Gasteiger partial charge in [-0.25, -0.2) is 9.48 Å². The van der Waals surface area contributed by atoms with Crippen LogP contribution in [-0.4, -0.2) is 15.2 Å². The summed E-state index contributed by atoms with van der Waals surface area (Å²) < 4.78 is 19.2. The minimum Gasteiger partial charge on any atom is -0.408 e. The zero-order valence-electron chi connectivity index (χ0n) is 8.45. The highest BCUT2D eigenvalue weighted by molar-refractivity contribution is 6.61. The second-order valence-electron chi connectivity index (χ2n) is 2.87. The van der Waals surface area contributed by atoms with Crippen molar-refractivity contribution in [3.05, 3.63) is 37.0 Å². The Morgan fingerprint density at radius 2 is 2.25 bits per heavy atom. The molecule has 0 unspecified atom stereocenters. The van der Waals surface area contributed by atoms with E-state index in [1.54, 1.807) is 0 Å². The number of allylic oxidation sites excluding steroid dienone is 2. The standard InChI is InChI=1S/C10H10ClFN2O2/c1-3-5-7-8(16-10(11)15)9(12)14(13-7)6-4-2/h3-4H,1-2,5-6H2. The van der Waals surface area contributed by atoms with Crippen LogP contribution in [-0.2, 0) is 13.0 Å². The molecule has 0 N–H and O–H groups in total. The van der Waals surface area contributed by atoms with E-state index in [1.807, 2.05) is 0 Å². The van der Waals surface area contributed by atoms with Crippen LogP contribution >= 0.6 is 11.6 Å². The molecule has 6 heteroatoms. The Labute approximate surface area is 97.0 Å². The van der Waals surface area contributed by atoms with Crippen LogP contribution in [0.1, 0.15) is 5.69 Å². The number of hydrogen-bond acceptors (Lipinski definition) is 3. The fourth-order valence-electron chi connectivity index (χ4n) is 1.17. The SMILES string of the molecule is C=CCc1nn(CC=C)c(F)c1OC(=O)Cl. The number of ether oxygens (including phenoxy) is 1. The summed E-state index contributed by atoms with van der Waals surface area (Å²) in [5.41, 5.74) is -0.842. The van der Waals surface area contributed by atoms with Crippen molar-refractivity contribution < 1.29 is 13.9 Å². The molecular weight excluding hydrogens is 235 g/mol. The normalized spacial score (nSPS) is 9.88. The molecular formula is C10H10ClFN2O2. The summed E-state index contributed by atoms with van der Waals surface area (Å²) in [7, 11) is 0. The molecule has 0 aromatic carbocycles. The summed E-state index contributed by atoms with van der Waals surface area (Å²) in [4.78, 5) is 10.6. The van der Waals surface area contributed by atoms with Crippen molar-refractivity contribution in [1.82, 2.24) is 9.78 Å². The van der Waals surface area contributed by atoms with Crippen molar-refractivity contribution in [1.29, 1.82) is 0 Å². The number of halogens is 2. The van der Waals surface area contributed by atoms with Crippen molar-refractivity contribution in [3.8, 4) is 5.75 Å². The van der Waals surface area contributed by atoms with Gasteiger partial charge in [-0.1, -0.05) is 12.2 Å². The van der Waals surface area contributed by atoms with Gasteiger partial charge in [0.1, 0.15) is 5.69 Å². The number of carbonyl (C=O) groups is 1. The summed E-state index contributed by atoms with van der Waals surface area (Å²) in [5, 5.41) is 3.91. The highest BCUT2D eigenvalue weighted by atomic mass is 35.5. The Hall–Kier alpha value is -1.62. The lowest BCUT2D eigenvalue weighted by Gasteiger charge is -1.98. The second-order valence-corrected chi connectivity index (χ2v) is 3.18. The van der Waals surface area contributed by atoms with E-state index in [9.17, 15) is 9.18 Å². The minimum atomic E-state index is -1.11. The fraction of sp³-hybridized carbons (Fsp3) is 0.200. The van der Waals surface area contributed by atoms with Crippen LogP contribution in [0.25, 0.3) is 0 Å². The predicted molar refractivity (Wildman–Crippen MR) is 58.2 cm³/mol. The van der Waals surface area contributed by atoms with Crippen LogP contribution in [0.4, 0.5) is 9.18 Å². The van der Waals surface area contributed by atoms with Gasteiger partial charge < -0.3 is 4.74 Å². The second kappa shape index (κ2) is 5.46. The average molecular weight is 245 g/mol. The topological polar surface area (TPSA) is 44.1 Å². The first-order valence-corrected chi connectivity index (χ1v) is 4.82. The van der Waals surface area contributed by atoms with E-state index in [0.29, 0.717) is 0 Å². The largest absolute Gasteiger partial charge is 0.409 e. The van der Waals surface area contributed by atoms with Gasteiger partial charge in [-0.05, 0) is 0 Å². The number of hydrogen-bond donors (Lipinski definition) is 0. The first-order chi connectivity index (χ1) is 7.60. The van der Waals surface area contributed by atoms with Gasteiger partial charge in [-0.15, -0.1) is 13.2 Å². The Morgan fingerprint density at radius 3 is 2.75 bits per heavy atom. The molecule has 0 spiro atoms. The van der Waals surface area contributed by atoms with E-state index in [0.717, 1.165) is 4.68 Å².